The van der Waals surface area contributed by atoms with Gasteiger partial charge < -0.3 is 5.73 Å². The fourth-order valence-electron chi connectivity index (χ4n) is 3.23. The predicted molar refractivity (Wildman–Crippen MR) is 84.0 cm³/mol. The van der Waals surface area contributed by atoms with Crippen LogP contribution in [0.25, 0.3) is 11.4 Å². The first-order valence-corrected chi connectivity index (χ1v) is 7.88. The smallest absolute Gasteiger partial charge is 0.185 e. The van der Waals surface area contributed by atoms with E-state index in [0.29, 0.717) is 22.5 Å². The maximum absolute atomic E-state index is 6.29. The van der Waals surface area contributed by atoms with Crippen LogP contribution in [0.3, 0.4) is 0 Å². The molecule has 0 radical (unpaired) electrons. The Balaban J connectivity index is 1.97. The second-order valence-corrected chi connectivity index (χ2v) is 6.20. The lowest BCUT2D eigenvalue weighted by Gasteiger charge is -2.28. The Morgan fingerprint density at radius 1 is 1.29 bits per heavy atom. The summed E-state index contributed by atoms with van der Waals surface area (Å²) in [5.74, 6) is 1.28. The van der Waals surface area contributed by atoms with Gasteiger partial charge in [-0.2, -0.15) is 0 Å². The molecule has 112 valence electrons. The number of nitrogens with zero attached hydrogens (tertiary/aromatic N) is 4. The Bertz CT molecular complexity index is 598. The van der Waals surface area contributed by atoms with Crippen LogP contribution in [0.5, 0.6) is 0 Å². The number of nitrogens with two attached hydrogens (primary N) is 1. The van der Waals surface area contributed by atoms with Gasteiger partial charge in [0.1, 0.15) is 0 Å². The number of hydrogen-bond donors (Lipinski definition) is 1. The van der Waals surface area contributed by atoms with Gasteiger partial charge in [-0.1, -0.05) is 36.9 Å². The number of anilines is 1. The lowest BCUT2D eigenvalue weighted by atomic mass is 9.84. The third kappa shape index (κ3) is 2.75. The van der Waals surface area contributed by atoms with E-state index in [-0.39, 0.29) is 6.04 Å². The minimum Gasteiger partial charge on any atom is -0.398 e. The van der Waals surface area contributed by atoms with Crippen LogP contribution < -0.4 is 5.73 Å². The summed E-state index contributed by atoms with van der Waals surface area (Å²) < 4.78 is 1.88. The highest BCUT2D eigenvalue weighted by atomic mass is 35.5. The van der Waals surface area contributed by atoms with Gasteiger partial charge in [-0.05, 0) is 48.2 Å². The van der Waals surface area contributed by atoms with Crippen molar-refractivity contribution in [1.29, 1.82) is 0 Å². The topological polar surface area (TPSA) is 69.6 Å². The van der Waals surface area contributed by atoms with E-state index in [9.17, 15) is 0 Å². The van der Waals surface area contributed by atoms with Crippen LogP contribution in [0.4, 0.5) is 5.69 Å². The van der Waals surface area contributed by atoms with Crippen molar-refractivity contribution in [2.45, 2.75) is 45.1 Å². The zero-order valence-electron chi connectivity index (χ0n) is 12.2. The molecule has 1 aromatic carbocycles. The molecule has 6 heteroatoms. The Hall–Kier alpha value is -1.62. The van der Waals surface area contributed by atoms with Gasteiger partial charge in [0.05, 0.1) is 16.6 Å². The fourth-order valence-corrected chi connectivity index (χ4v) is 3.49. The molecule has 2 N–H and O–H groups in total. The number of hydrogen-bond acceptors (Lipinski definition) is 4. The quantitative estimate of drug-likeness (QED) is 0.877. The van der Waals surface area contributed by atoms with E-state index in [0.717, 1.165) is 5.56 Å². The zero-order chi connectivity index (χ0) is 14.8. The third-order valence-corrected chi connectivity index (χ3v) is 4.80. The Morgan fingerprint density at radius 2 is 2.05 bits per heavy atom. The van der Waals surface area contributed by atoms with Crippen LogP contribution in [-0.2, 0) is 0 Å². The molecule has 3 rings (SSSR count). The van der Waals surface area contributed by atoms with Gasteiger partial charge in [0.2, 0.25) is 0 Å². The van der Waals surface area contributed by atoms with Gasteiger partial charge in [-0.15, -0.1) is 5.10 Å². The summed E-state index contributed by atoms with van der Waals surface area (Å²) in [7, 11) is 0. The van der Waals surface area contributed by atoms with E-state index in [4.69, 9.17) is 17.3 Å². The lowest BCUT2D eigenvalue weighted by molar-refractivity contribution is 0.249. The standard InChI is InChI=1S/C15H20ClN5/c1-10(11-6-3-2-4-7-11)21-15(18-19-20-21)14-12(16)8-5-9-13(14)17/h5,8-11H,2-4,6-7,17H2,1H3. The molecule has 0 saturated heterocycles. The van der Waals surface area contributed by atoms with E-state index in [2.05, 4.69) is 22.4 Å². The summed E-state index contributed by atoms with van der Waals surface area (Å²) in [6, 6.07) is 5.73. The van der Waals surface area contributed by atoms with Gasteiger partial charge >= 0.3 is 0 Å². The first-order chi connectivity index (χ1) is 10.2. The number of halogens is 1. The number of nitrogen functional groups attached to an aromatic ring is 1. The van der Waals surface area contributed by atoms with Crippen LogP contribution >= 0.6 is 11.6 Å². The average Bonchev–Trinajstić information content (AvgIpc) is 2.96. The lowest BCUT2D eigenvalue weighted by Crippen LogP contribution is -2.21. The molecule has 2 aromatic rings. The van der Waals surface area contributed by atoms with Crippen LogP contribution in [0, 0.1) is 5.92 Å². The maximum atomic E-state index is 6.29. The molecule has 0 spiro atoms. The molecule has 1 heterocycles. The van der Waals surface area contributed by atoms with E-state index in [1.54, 1.807) is 0 Å². The van der Waals surface area contributed by atoms with E-state index < -0.39 is 0 Å². The highest BCUT2D eigenvalue weighted by molar-refractivity contribution is 6.33. The average molecular weight is 306 g/mol. The second-order valence-electron chi connectivity index (χ2n) is 5.79. The van der Waals surface area contributed by atoms with E-state index in [1.807, 2.05) is 22.9 Å². The minimum absolute atomic E-state index is 0.256. The molecule has 1 aliphatic rings. The molecule has 1 atom stereocenters. The molecule has 5 nitrogen and oxygen atoms in total. The first kappa shape index (κ1) is 14.3. The monoisotopic (exact) mass is 305 g/mol. The van der Waals surface area contributed by atoms with Gasteiger partial charge in [0.25, 0.3) is 0 Å². The number of rotatable bonds is 3. The molecule has 0 bridgehead atoms. The Kier molecular flexibility index (Phi) is 4.10. The van der Waals surface area contributed by atoms with Gasteiger partial charge in [-0.3, -0.25) is 0 Å². The number of tetrazole rings is 1. The van der Waals surface area contributed by atoms with Crippen LogP contribution in [0.15, 0.2) is 18.2 Å². The second kappa shape index (κ2) is 6.02. The number of benzene rings is 1. The van der Waals surface area contributed by atoms with Gasteiger partial charge in [0, 0.05) is 5.69 Å². The molecular weight excluding hydrogens is 286 g/mol. The van der Waals surface area contributed by atoms with Gasteiger partial charge in [-0.25, -0.2) is 4.68 Å². The van der Waals surface area contributed by atoms with E-state index in [1.165, 1.54) is 32.1 Å². The van der Waals surface area contributed by atoms with Crippen LogP contribution in [-0.4, -0.2) is 20.2 Å². The fraction of sp³-hybridized carbons (Fsp3) is 0.533. The van der Waals surface area contributed by atoms with E-state index >= 15 is 0 Å². The highest BCUT2D eigenvalue weighted by Gasteiger charge is 2.26. The molecule has 21 heavy (non-hydrogen) atoms. The molecular formula is C15H20ClN5. The summed E-state index contributed by atoms with van der Waals surface area (Å²) in [6.07, 6.45) is 6.39. The van der Waals surface area contributed by atoms with Crippen molar-refractivity contribution in [3.05, 3.63) is 23.2 Å². The Labute approximate surface area is 129 Å². The highest BCUT2D eigenvalue weighted by Crippen LogP contribution is 2.37. The molecule has 1 fully saturated rings. The first-order valence-electron chi connectivity index (χ1n) is 7.50. The van der Waals surface area contributed by atoms with Crippen LogP contribution in [0.2, 0.25) is 5.02 Å². The molecule has 1 aromatic heterocycles. The molecule has 1 unspecified atom stereocenters. The van der Waals surface area contributed by atoms with Crippen molar-refractivity contribution in [2.75, 3.05) is 5.73 Å². The predicted octanol–water partition coefficient (Wildman–Crippen LogP) is 3.72. The SMILES string of the molecule is CC(C1CCCCC1)n1nnnc1-c1c(N)cccc1Cl. The van der Waals surface area contributed by atoms with Crippen molar-refractivity contribution < 1.29 is 0 Å². The van der Waals surface area contributed by atoms with Crippen molar-refractivity contribution in [1.82, 2.24) is 20.2 Å². The zero-order valence-corrected chi connectivity index (χ0v) is 12.9. The largest absolute Gasteiger partial charge is 0.398 e. The molecule has 0 amide bonds. The van der Waals surface area contributed by atoms with Crippen LogP contribution in [0.1, 0.15) is 45.1 Å². The minimum atomic E-state index is 0.256. The van der Waals surface area contributed by atoms with Gasteiger partial charge in [0.15, 0.2) is 5.82 Å². The van der Waals surface area contributed by atoms with Crippen molar-refractivity contribution in [3.63, 3.8) is 0 Å². The Morgan fingerprint density at radius 3 is 2.76 bits per heavy atom. The van der Waals surface area contributed by atoms with Crippen molar-refractivity contribution >= 4 is 17.3 Å². The maximum Gasteiger partial charge on any atom is 0.185 e. The normalized spacial score (nSPS) is 17.8. The van der Waals surface area contributed by atoms with Crippen molar-refractivity contribution in [2.24, 2.45) is 5.92 Å². The van der Waals surface area contributed by atoms with Crippen molar-refractivity contribution in [3.8, 4) is 11.4 Å². The summed E-state index contributed by atoms with van der Waals surface area (Å²) in [5, 5.41) is 12.8. The summed E-state index contributed by atoms with van der Waals surface area (Å²) in [6.45, 7) is 2.18. The number of aromatic nitrogens is 4. The molecule has 1 aliphatic carbocycles. The molecule has 0 aliphatic heterocycles. The molecule has 1 saturated carbocycles. The third-order valence-electron chi connectivity index (χ3n) is 4.48. The summed E-state index contributed by atoms with van der Waals surface area (Å²) in [5.41, 5.74) is 7.40. The summed E-state index contributed by atoms with van der Waals surface area (Å²) >= 11 is 6.29. The summed E-state index contributed by atoms with van der Waals surface area (Å²) in [4.78, 5) is 0.